The summed E-state index contributed by atoms with van der Waals surface area (Å²) in [5, 5.41) is 16.0. The van der Waals surface area contributed by atoms with Crippen molar-refractivity contribution in [1.82, 2.24) is 15.5 Å². The maximum Gasteiger partial charge on any atom is 0.408 e. The average Bonchev–Trinajstić information content (AvgIpc) is 2.84. The van der Waals surface area contributed by atoms with Gasteiger partial charge in [0, 0.05) is 12.1 Å². The number of ether oxygens (including phenoxy) is 1. The maximum atomic E-state index is 14.4. The van der Waals surface area contributed by atoms with E-state index in [2.05, 4.69) is 10.6 Å². The lowest BCUT2D eigenvalue weighted by Crippen LogP contribution is -2.59. The first kappa shape index (κ1) is 31.7. The van der Waals surface area contributed by atoms with Crippen molar-refractivity contribution < 1.29 is 24.2 Å². The van der Waals surface area contributed by atoms with Crippen molar-refractivity contribution >= 4 is 17.9 Å². The van der Waals surface area contributed by atoms with E-state index < -0.39 is 35.2 Å². The Morgan fingerprint density at radius 1 is 0.974 bits per heavy atom. The molecule has 2 rings (SSSR count). The zero-order chi connectivity index (χ0) is 29.4. The Kier molecular flexibility index (Phi) is 11.0. The zero-order valence-corrected chi connectivity index (χ0v) is 24.6. The number of nitrogens with zero attached hydrogens (tertiary/aromatic N) is 1. The normalized spacial score (nSPS) is 13.4. The van der Waals surface area contributed by atoms with Crippen molar-refractivity contribution in [1.29, 1.82) is 0 Å². The molecule has 3 N–H and O–H groups in total. The number of benzene rings is 2. The van der Waals surface area contributed by atoms with E-state index in [9.17, 15) is 19.5 Å². The zero-order valence-electron chi connectivity index (χ0n) is 24.6. The van der Waals surface area contributed by atoms with E-state index in [0.29, 0.717) is 18.4 Å². The summed E-state index contributed by atoms with van der Waals surface area (Å²) >= 11 is 0. The predicted octanol–water partition coefficient (Wildman–Crippen LogP) is 5.71. The number of carbonyl (C=O) groups excluding carboxylic acids is 3. The van der Waals surface area contributed by atoms with Gasteiger partial charge in [0.1, 0.15) is 23.4 Å². The Balaban J connectivity index is 2.56. The van der Waals surface area contributed by atoms with Gasteiger partial charge in [0.25, 0.3) is 0 Å². The van der Waals surface area contributed by atoms with Gasteiger partial charge in [-0.25, -0.2) is 4.79 Å². The molecule has 2 unspecified atom stereocenters. The number of hydrogen-bond donors (Lipinski definition) is 3. The lowest BCUT2D eigenvalue weighted by Gasteiger charge is -2.44. The number of rotatable bonds is 11. The fraction of sp³-hybridized carbons (Fsp3) is 0.516. The molecular weight excluding hydrogens is 494 g/mol. The summed E-state index contributed by atoms with van der Waals surface area (Å²) in [4.78, 5) is 42.6. The lowest BCUT2D eigenvalue weighted by atomic mass is 9.90. The summed E-state index contributed by atoms with van der Waals surface area (Å²) in [6, 6.07) is 13.9. The van der Waals surface area contributed by atoms with Gasteiger partial charge in [0.15, 0.2) is 0 Å². The summed E-state index contributed by atoms with van der Waals surface area (Å²) in [7, 11) is 0. The van der Waals surface area contributed by atoms with Crippen LogP contribution >= 0.6 is 0 Å². The average molecular weight is 540 g/mol. The minimum atomic E-state index is -1.06. The van der Waals surface area contributed by atoms with Crippen LogP contribution < -0.4 is 10.6 Å². The summed E-state index contributed by atoms with van der Waals surface area (Å²) in [6.07, 6.45) is 0.200. The van der Waals surface area contributed by atoms with E-state index in [4.69, 9.17) is 4.74 Å². The number of amides is 3. The van der Waals surface area contributed by atoms with Crippen LogP contribution in [0.3, 0.4) is 0 Å². The van der Waals surface area contributed by atoms with Gasteiger partial charge < -0.3 is 25.4 Å². The first-order valence-electron chi connectivity index (χ1n) is 13.6. The smallest absolute Gasteiger partial charge is 0.408 e. The summed E-state index contributed by atoms with van der Waals surface area (Å²) < 4.78 is 5.45. The molecule has 0 bridgehead atoms. The fourth-order valence-corrected chi connectivity index (χ4v) is 4.25. The molecule has 0 heterocycles. The van der Waals surface area contributed by atoms with Crippen molar-refractivity contribution in [3.05, 3.63) is 65.7 Å². The van der Waals surface area contributed by atoms with Crippen LogP contribution in [-0.4, -0.2) is 45.1 Å². The molecular formula is C31H45N3O5. The molecule has 39 heavy (non-hydrogen) atoms. The van der Waals surface area contributed by atoms with Crippen LogP contribution in [-0.2, 0) is 20.9 Å². The third-order valence-corrected chi connectivity index (χ3v) is 6.45. The quantitative estimate of drug-likeness (QED) is 0.339. The Morgan fingerprint density at radius 2 is 1.62 bits per heavy atom. The highest BCUT2D eigenvalue weighted by molar-refractivity contribution is 5.92. The highest BCUT2D eigenvalue weighted by Crippen LogP contribution is 2.34. The molecule has 0 fully saturated rings. The molecule has 0 aliphatic carbocycles. The van der Waals surface area contributed by atoms with Gasteiger partial charge in [0.2, 0.25) is 11.8 Å². The van der Waals surface area contributed by atoms with Crippen LogP contribution in [0.25, 0.3) is 0 Å². The number of hydrogen-bond acceptors (Lipinski definition) is 5. The standard InChI is InChI=1S/C31H45N3O5/c1-9-31(7,8)34(28(37)25(18-21(2)3)33-29(38)39-30(4,5)6)26(23-16-13-17-24(35)19-23)27(36)32-20-22-14-11-10-12-15-22/h10-17,19,21,25-26,35H,9,18,20H2,1-8H3,(H,32,36)(H,33,38). The largest absolute Gasteiger partial charge is 0.508 e. The van der Waals surface area contributed by atoms with Crippen molar-refractivity contribution in [2.45, 2.75) is 98.0 Å². The first-order chi connectivity index (χ1) is 18.1. The number of nitrogens with one attached hydrogen (secondary N) is 2. The third-order valence-electron chi connectivity index (χ3n) is 6.45. The number of aromatic hydroxyl groups is 1. The number of phenolic OH excluding ortho intramolecular Hbond substituents is 1. The second kappa shape index (κ2) is 13.5. The summed E-state index contributed by atoms with van der Waals surface area (Å²) in [5.74, 6) is -0.725. The monoisotopic (exact) mass is 539 g/mol. The Morgan fingerprint density at radius 3 is 2.15 bits per heavy atom. The highest BCUT2D eigenvalue weighted by Gasteiger charge is 2.43. The van der Waals surface area contributed by atoms with E-state index in [1.165, 1.54) is 12.1 Å². The van der Waals surface area contributed by atoms with E-state index in [-0.39, 0.29) is 24.1 Å². The van der Waals surface area contributed by atoms with Gasteiger partial charge in [-0.2, -0.15) is 0 Å². The van der Waals surface area contributed by atoms with Gasteiger partial charge in [-0.3, -0.25) is 9.59 Å². The Labute approximate surface area is 233 Å². The van der Waals surface area contributed by atoms with Gasteiger partial charge in [-0.05, 0) is 76.6 Å². The molecule has 2 aromatic carbocycles. The predicted molar refractivity (Wildman–Crippen MR) is 153 cm³/mol. The molecule has 0 radical (unpaired) electrons. The minimum absolute atomic E-state index is 0.0133. The second-order valence-electron chi connectivity index (χ2n) is 11.9. The Bertz CT molecular complexity index is 1110. The van der Waals surface area contributed by atoms with Crippen LogP contribution in [0.1, 0.15) is 85.4 Å². The molecule has 8 heteroatoms. The molecule has 0 saturated carbocycles. The van der Waals surface area contributed by atoms with Crippen molar-refractivity contribution in [3.8, 4) is 5.75 Å². The summed E-state index contributed by atoms with van der Waals surface area (Å²) in [5.41, 5.74) is -0.130. The molecule has 0 aliphatic heterocycles. The number of carbonyl (C=O) groups is 3. The van der Waals surface area contributed by atoms with Crippen LogP contribution in [0, 0.1) is 5.92 Å². The molecule has 0 saturated heterocycles. The molecule has 0 spiro atoms. The second-order valence-corrected chi connectivity index (χ2v) is 11.9. The van der Waals surface area contributed by atoms with E-state index in [0.717, 1.165) is 5.56 Å². The number of phenols is 1. The topological polar surface area (TPSA) is 108 Å². The minimum Gasteiger partial charge on any atom is -0.508 e. The van der Waals surface area contributed by atoms with Gasteiger partial charge in [0.05, 0.1) is 0 Å². The third kappa shape index (κ3) is 9.61. The van der Waals surface area contributed by atoms with Crippen LogP contribution in [0.5, 0.6) is 5.75 Å². The fourth-order valence-electron chi connectivity index (χ4n) is 4.25. The molecule has 3 amide bonds. The molecule has 0 aromatic heterocycles. The van der Waals surface area contributed by atoms with Crippen molar-refractivity contribution in [2.75, 3.05) is 0 Å². The van der Waals surface area contributed by atoms with Gasteiger partial charge in [-0.15, -0.1) is 0 Å². The molecule has 2 atom stereocenters. The van der Waals surface area contributed by atoms with Crippen LogP contribution in [0.15, 0.2) is 54.6 Å². The molecule has 8 nitrogen and oxygen atoms in total. The highest BCUT2D eigenvalue weighted by atomic mass is 16.6. The van der Waals surface area contributed by atoms with Crippen LogP contribution in [0.2, 0.25) is 0 Å². The van der Waals surface area contributed by atoms with E-state index >= 15 is 0 Å². The SMILES string of the molecule is CCC(C)(C)N(C(=O)C(CC(C)C)NC(=O)OC(C)(C)C)C(C(=O)NCc1ccccc1)c1cccc(O)c1. The number of alkyl carbamates (subject to hydrolysis) is 1. The van der Waals surface area contributed by atoms with Crippen LogP contribution in [0.4, 0.5) is 4.79 Å². The van der Waals surface area contributed by atoms with Gasteiger partial charge >= 0.3 is 6.09 Å². The Hall–Kier alpha value is -3.55. The molecule has 214 valence electrons. The molecule has 0 aliphatic rings. The maximum absolute atomic E-state index is 14.4. The first-order valence-corrected chi connectivity index (χ1v) is 13.6. The van der Waals surface area contributed by atoms with Gasteiger partial charge in [-0.1, -0.05) is 63.2 Å². The summed E-state index contributed by atoms with van der Waals surface area (Å²) in [6.45, 7) is 15.2. The van der Waals surface area contributed by atoms with Crippen molar-refractivity contribution in [2.24, 2.45) is 5.92 Å². The van der Waals surface area contributed by atoms with Crippen molar-refractivity contribution in [3.63, 3.8) is 0 Å². The molecule has 2 aromatic rings. The van der Waals surface area contributed by atoms with E-state index in [1.807, 2.05) is 65.0 Å². The van der Waals surface area contributed by atoms with E-state index in [1.54, 1.807) is 37.8 Å². The lowest BCUT2D eigenvalue weighted by molar-refractivity contribution is -0.149.